The van der Waals surface area contributed by atoms with Gasteiger partial charge in [-0.15, -0.1) is 24.0 Å². The number of aliphatic imine (C=N–C) groups is 1. The van der Waals surface area contributed by atoms with Gasteiger partial charge in [-0.1, -0.05) is 44.2 Å². The molecule has 1 aromatic rings. The zero-order valence-electron chi connectivity index (χ0n) is 15.3. The highest BCUT2D eigenvalue weighted by Gasteiger charge is 2.21. The topological polar surface area (TPSA) is 45.7 Å². The second kappa shape index (κ2) is 10.1. The fourth-order valence-electron chi connectivity index (χ4n) is 1.97. The SMILES string of the molecule is CCNC(=NCC(C)(C)OC)NCC(C)(C)c1ccccc1.I. The Morgan fingerprint density at radius 2 is 1.70 bits per heavy atom. The summed E-state index contributed by atoms with van der Waals surface area (Å²) in [4.78, 5) is 4.62. The van der Waals surface area contributed by atoms with Crippen molar-refractivity contribution in [2.75, 3.05) is 26.7 Å². The van der Waals surface area contributed by atoms with Crippen LogP contribution < -0.4 is 10.6 Å². The minimum atomic E-state index is -0.253. The molecular weight excluding hydrogens is 401 g/mol. The van der Waals surface area contributed by atoms with Crippen molar-refractivity contribution in [2.24, 2.45) is 4.99 Å². The van der Waals surface area contributed by atoms with Crippen molar-refractivity contribution in [3.63, 3.8) is 0 Å². The molecule has 23 heavy (non-hydrogen) atoms. The van der Waals surface area contributed by atoms with E-state index in [-0.39, 0.29) is 35.0 Å². The second-order valence-electron chi connectivity index (χ2n) is 6.76. The molecule has 0 heterocycles. The molecule has 5 heteroatoms. The summed E-state index contributed by atoms with van der Waals surface area (Å²) in [5.41, 5.74) is 1.10. The largest absolute Gasteiger partial charge is 0.377 e. The van der Waals surface area contributed by atoms with E-state index in [1.807, 2.05) is 19.9 Å². The summed E-state index contributed by atoms with van der Waals surface area (Å²) in [5, 5.41) is 6.73. The molecule has 1 rings (SSSR count). The van der Waals surface area contributed by atoms with E-state index in [1.165, 1.54) is 5.56 Å². The Hall–Kier alpha value is -0.820. The molecule has 0 atom stereocenters. The molecule has 0 aliphatic rings. The summed E-state index contributed by atoms with van der Waals surface area (Å²) in [6.07, 6.45) is 0. The number of nitrogens with zero attached hydrogens (tertiary/aromatic N) is 1. The van der Waals surface area contributed by atoms with E-state index < -0.39 is 0 Å². The molecule has 0 fully saturated rings. The highest BCUT2D eigenvalue weighted by molar-refractivity contribution is 14.0. The van der Waals surface area contributed by atoms with Gasteiger partial charge in [0.25, 0.3) is 0 Å². The van der Waals surface area contributed by atoms with E-state index >= 15 is 0 Å². The lowest BCUT2D eigenvalue weighted by atomic mass is 9.85. The Morgan fingerprint density at radius 3 is 2.22 bits per heavy atom. The number of hydrogen-bond acceptors (Lipinski definition) is 2. The van der Waals surface area contributed by atoms with Crippen LogP contribution in [-0.4, -0.2) is 38.3 Å². The minimum absolute atomic E-state index is 0. The Morgan fingerprint density at radius 1 is 1.09 bits per heavy atom. The normalized spacial score (nSPS) is 12.5. The predicted molar refractivity (Wildman–Crippen MR) is 110 cm³/mol. The smallest absolute Gasteiger partial charge is 0.191 e. The van der Waals surface area contributed by atoms with Gasteiger partial charge in [0.2, 0.25) is 0 Å². The third kappa shape index (κ3) is 8.01. The molecule has 1 aromatic carbocycles. The highest BCUT2D eigenvalue weighted by Crippen LogP contribution is 2.21. The first-order valence-electron chi connectivity index (χ1n) is 7.93. The molecule has 0 amide bonds. The van der Waals surface area contributed by atoms with Crippen LogP contribution in [0.3, 0.4) is 0 Å². The van der Waals surface area contributed by atoms with Gasteiger partial charge in [-0.05, 0) is 26.3 Å². The quantitative estimate of drug-likeness (QED) is 0.393. The first-order chi connectivity index (χ1) is 10.3. The monoisotopic (exact) mass is 433 g/mol. The zero-order chi connectivity index (χ0) is 16.6. The predicted octanol–water partition coefficient (Wildman–Crippen LogP) is 3.56. The summed E-state index contributed by atoms with van der Waals surface area (Å²) >= 11 is 0. The molecule has 0 saturated carbocycles. The first-order valence-corrected chi connectivity index (χ1v) is 7.93. The molecule has 2 N–H and O–H groups in total. The second-order valence-corrected chi connectivity index (χ2v) is 6.76. The zero-order valence-corrected chi connectivity index (χ0v) is 17.6. The highest BCUT2D eigenvalue weighted by atomic mass is 127. The molecule has 0 bridgehead atoms. The Bertz CT molecular complexity index is 472. The third-order valence-electron chi connectivity index (χ3n) is 3.77. The summed E-state index contributed by atoms with van der Waals surface area (Å²) in [7, 11) is 1.72. The number of ether oxygens (including phenoxy) is 1. The summed E-state index contributed by atoms with van der Waals surface area (Å²) in [6.45, 7) is 12.9. The van der Waals surface area contributed by atoms with Crippen molar-refractivity contribution in [3.8, 4) is 0 Å². The average molecular weight is 433 g/mol. The minimum Gasteiger partial charge on any atom is -0.377 e. The molecule has 0 aliphatic carbocycles. The van der Waals surface area contributed by atoms with Crippen LogP contribution in [0.15, 0.2) is 35.3 Å². The van der Waals surface area contributed by atoms with Crippen molar-refractivity contribution >= 4 is 29.9 Å². The van der Waals surface area contributed by atoms with Gasteiger partial charge in [0.15, 0.2) is 5.96 Å². The first kappa shape index (κ1) is 22.2. The van der Waals surface area contributed by atoms with Crippen LogP contribution >= 0.6 is 24.0 Å². The number of rotatable bonds is 7. The van der Waals surface area contributed by atoms with E-state index in [4.69, 9.17) is 4.74 Å². The molecule has 0 saturated heterocycles. The Kier molecular flexibility index (Phi) is 9.77. The molecule has 4 nitrogen and oxygen atoms in total. The van der Waals surface area contributed by atoms with Gasteiger partial charge < -0.3 is 15.4 Å². The van der Waals surface area contributed by atoms with Crippen LogP contribution in [0.5, 0.6) is 0 Å². The molecule has 132 valence electrons. The van der Waals surface area contributed by atoms with Crippen LogP contribution in [-0.2, 0) is 10.2 Å². The maximum absolute atomic E-state index is 5.42. The Labute approximate surface area is 158 Å². The number of halogens is 1. The van der Waals surface area contributed by atoms with Gasteiger partial charge in [-0.2, -0.15) is 0 Å². The number of hydrogen-bond donors (Lipinski definition) is 2. The summed E-state index contributed by atoms with van der Waals surface area (Å²) < 4.78 is 5.42. The molecule has 0 aliphatic heterocycles. The van der Waals surface area contributed by atoms with Gasteiger partial charge in [0, 0.05) is 25.6 Å². The standard InChI is InChI=1S/C18H31N3O.HI/c1-7-19-16(21-14-18(4,5)22-6)20-13-17(2,3)15-11-9-8-10-12-15;/h8-12H,7,13-14H2,1-6H3,(H2,19,20,21);1H. The van der Waals surface area contributed by atoms with Crippen molar-refractivity contribution < 1.29 is 4.74 Å². The lowest BCUT2D eigenvalue weighted by Gasteiger charge is -2.27. The van der Waals surface area contributed by atoms with Crippen molar-refractivity contribution in [2.45, 2.75) is 45.6 Å². The fraction of sp³-hybridized carbons (Fsp3) is 0.611. The van der Waals surface area contributed by atoms with Crippen LogP contribution in [0.4, 0.5) is 0 Å². The van der Waals surface area contributed by atoms with Crippen LogP contribution in [0.2, 0.25) is 0 Å². The fourth-order valence-corrected chi connectivity index (χ4v) is 1.97. The number of benzene rings is 1. The van der Waals surface area contributed by atoms with Crippen molar-refractivity contribution in [1.82, 2.24) is 10.6 Å². The maximum atomic E-state index is 5.42. The molecule has 0 aromatic heterocycles. The molecular formula is C18H32IN3O. The third-order valence-corrected chi connectivity index (χ3v) is 3.77. The summed E-state index contributed by atoms with van der Waals surface area (Å²) in [6, 6.07) is 10.5. The van der Waals surface area contributed by atoms with E-state index in [1.54, 1.807) is 7.11 Å². The van der Waals surface area contributed by atoms with Crippen LogP contribution in [0, 0.1) is 0 Å². The maximum Gasteiger partial charge on any atom is 0.191 e. The molecule has 0 spiro atoms. The van der Waals surface area contributed by atoms with Crippen LogP contribution in [0.1, 0.15) is 40.2 Å². The number of methoxy groups -OCH3 is 1. The van der Waals surface area contributed by atoms with E-state index in [2.05, 4.69) is 60.7 Å². The average Bonchev–Trinajstić information content (AvgIpc) is 2.51. The van der Waals surface area contributed by atoms with E-state index in [0.29, 0.717) is 6.54 Å². The number of guanidine groups is 1. The lowest BCUT2D eigenvalue weighted by molar-refractivity contribution is 0.0310. The van der Waals surface area contributed by atoms with Crippen LogP contribution in [0.25, 0.3) is 0 Å². The van der Waals surface area contributed by atoms with E-state index in [0.717, 1.165) is 19.0 Å². The Balaban J connectivity index is 0.00000484. The van der Waals surface area contributed by atoms with Gasteiger partial charge in [0.1, 0.15) is 0 Å². The molecule has 0 radical (unpaired) electrons. The molecule has 0 unspecified atom stereocenters. The van der Waals surface area contributed by atoms with Gasteiger partial charge in [0.05, 0.1) is 12.1 Å². The lowest BCUT2D eigenvalue weighted by Crippen LogP contribution is -2.44. The van der Waals surface area contributed by atoms with Gasteiger partial charge >= 0.3 is 0 Å². The number of nitrogens with one attached hydrogen (secondary N) is 2. The van der Waals surface area contributed by atoms with Gasteiger partial charge in [-0.3, -0.25) is 4.99 Å². The van der Waals surface area contributed by atoms with Crippen molar-refractivity contribution in [1.29, 1.82) is 0 Å². The van der Waals surface area contributed by atoms with Crippen molar-refractivity contribution in [3.05, 3.63) is 35.9 Å². The van der Waals surface area contributed by atoms with E-state index in [9.17, 15) is 0 Å². The van der Waals surface area contributed by atoms with Gasteiger partial charge in [-0.25, -0.2) is 0 Å². The summed E-state index contributed by atoms with van der Waals surface area (Å²) in [5.74, 6) is 0.830.